The van der Waals surface area contributed by atoms with Gasteiger partial charge in [0.05, 0.1) is 11.4 Å². The molecule has 0 radical (unpaired) electrons. The van der Waals surface area contributed by atoms with Crippen LogP contribution in [0, 0.1) is 0 Å². The third-order valence-corrected chi connectivity index (χ3v) is 6.35. The quantitative estimate of drug-likeness (QED) is 0.629. The van der Waals surface area contributed by atoms with Gasteiger partial charge < -0.3 is 5.32 Å². The van der Waals surface area contributed by atoms with E-state index >= 15 is 0 Å². The molecule has 0 aliphatic carbocycles. The summed E-state index contributed by atoms with van der Waals surface area (Å²) in [5.41, 5.74) is 1.16. The van der Waals surface area contributed by atoms with Crippen LogP contribution in [0.1, 0.15) is 17.3 Å². The number of amides is 1. The molecule has 3 rings (SSSR count). The first-order valence-electron chi connectivity index (χ1n) is 8.67. The number of carbonyl (C=O) groups excluding carboxylic acids is 1. The van der Waals surface area contributed by atoms with Gasteiger partial charge in [0, 0.05) is 17.1 Å². The molecule has 0 heterocycles. The van der Waals surface area contributed by atoms with Crippen molar-refractivity contribution in [3.63, 3.8) is 0 Å². The summed E-state index contributed by atoms with van der Waals surface area (Å²) in [7, 11) is -3.87. The highest BCUT2D eigenvalue weighted by molar-refractivity contribution is 7.93. The molecule has 0 fully saturated rings. The Labute approximate surface area is 169 Å². The van der Waals surface area contributed by atoms with Crippen LogP contribution in [0.5, 0.6) is 0 Å². The Morgan fingerprint density at radius 1 is 0.929 bits per heavy atom. The SMILES string of the molecule is CCN(c1ccccc1)S(=O)(=O)c1ccccc1NC(=O)c1ccc(Cl)cc1. The molecule has 0 bridgehead atoms. The van der Waals surface area contributed by atoms with Crippen LogP contribution in [0.15, 0.2) is 83.8 Å². The number of para-hydroxylation sites is 2. The molecule has 0 aromatic heterocycles. The molecule has 5 nitrogen and oxygen atoms in total. The van der Waals surface area contributed by atoms with Gasteiger partial charge in [0.15, 0.2) is 0 Å². The molecule has 0 saturated carbocycles. The smallest absolute Gasteiger partial charge is 0.266 e. The van der Waals surface area contributed by atoms with E-state index in [4.69, 9.17) is 11.6 Å². The van der Waals surface area contributed by atoms with Gasteiger partial charge in [0.25, 0.3) is 15.9 Å². The number of benzene rings is 3. The largest absolute Gasteiger partial charge is 0.321 e. The maximum absolute atomic E-state index is 13.3. The predicted molar refractivity (Wildman–Crippen MR) is 112 cm³/mol. The van der Waals surface area contributed by atoms with Crippen LogP contribution < -0.4 is 9.62 Å². The van der Waals surface area contributed by atoms with E-state index in [9.17, 15) is 13.2 Å². The first-order chi connectivity index (χ1) is 13.4. The minimum atomic E-state index is -3.87. The van der Waals surface area contributed by atoms with Crippen molar-refractivity contribution in [3.8, 4) is 0 Å². The number of anilines is 2. The zero-order chi connectivity index (χ0) is 20.1. The lowest BCUT2D eigenvalue weighted by atomic mass is 10.2. The number of nitrogens with one attached hydrogen (secondary N) is 1. The second-order valence-electron chi connectivity index (χ2n) is 5.96. The summed E-state index contributed by atoms with van der Waals surface area (Å²) in [6, 6.07) is 21.6. The minimum absolute atomic E-state index is 0.0306. The molecule has 0 spiro atoms. The number of nitrogens with zero attached hydrogens (tertiary/aromatic N) is 1. The lowest BCUT2D eigenvalue weighted by Crippen LogP contribution is -2.31. The molecule has 3 aromatic carbocycles. The van der Waals surface area contributed by atoms with E-state index in [1.165, 1.54) is 10.4 Å². The fourth-order valence-electron chi connectivity index (χ4n) is 2.79. The van der Waals surface area contributed by atoms with Crippen molar-refractivity contribution < 1.29 is 13.2 Å². The summed E-state index contributed by atoms with van der Waals surface area (Å²) in [6.07, 6.45) is 0. The highest BCUT2D eigenvalue weighted by atomic mass is 35.5. The molecule has 0 aliphatic heterocycles. The molecule has 144 valence electrons. The summed E-state index contributed by atoms with van der Waals surface area (Å²) in [5.74, 6) is -0.415. The first kappa shape index (κ1) is 19.9. The van der Waals surface area contributed by atoms with Crippen molar-refractivity contribution in [2.24, 2.45) is 0 Å². The number of halogens is 1. The summed E-state index contributed by atoms with van der Waals surface area (Å²) >= 11 is 5.85. The maximum Gasteiger partial charge on any atom is 0.266 e. The lowest BCUT2D eigenvalue weighted by Gasteiger charge is -2.24. The second kappa shape index (κ2) is 8.46. The Hall–Kier alpha value is -2.83. The van der Waals surface area contributed by atoms with Crippen molar-refractivity contribution in [1.82, 2.24) is 0 Å². The van der Waals surface area contributed by atoms with Crippen LogP contribution in [0.25, 0.3) is 0 Å². The Morgan fingerprint density at radius 2 is 1.54 bits per heavy atom. The highest BCUT2D eigenvalue weighted by Crippen LogP contribution is 2.28. The zero-order valence-corrected chi connectivity index (χ0v) is 16.7. The van der Waals surface area contributed by atoms with Crippen LogP contribution in [-0.4, -0.2) is 20.9 Å². The van der Waals surface area contributed by atoms with Gasteiger partial charge in [-0.25, -0.2) is 8.42 Å². The predicted octanol–water partition coefficient (Wildman–Crippen LogP) is 4.81. The molecule has 1 amide bonds. The minimum Gasteiger partial charge on any atom is -0.321 e. The van der Waals surface area contributed by atoms with E-state index in [2.05, 4.69) is 5.32 Å². The molecule has 28 heavy (non-hydrogen) atoms. The first-order valence-corrected chi connectivity index (χ1v) is 10.5. The summed E-state index contributed by atoms with van der Waals surface area (Å²) in [4.78, 5) is 12.6. The molecule has 0 aliphatic rings. The summed E-state index contributed by atoms with van der Waals surface area (Å²) in [5, 5.41) is 3.21. The highest BCUT2D eigenvalue weighted by Gasteiger charge is 2.26. The standard InChI is InChI=1S/C21H19ClN2O3S/c1-2-24(18-8-4-3-5-9-18)28(26,27)20-11-7-6-10-19(20)23-21(25)16-12-14-17(22)15-13-16/h3-15H,2H2,1H3,(H,23,25). The summed E-state index contributed by atoms with van der Waals surface area (Å²) in [6.45, 7) is 2.02. The van der Waals surface area contributed by atoms with Crippen LogP contribution >= 0.6 is 11.6 Å². The number of hydrogen-bond acceptors (Lipinski definition) is 3. The number of carbonyl (C=O) groups is 1. The fraction of sp³-hybridized carbons (Fsp3) is 0.0952. The molecule has 0 unspecified atom stereocenters. The molecule has 3 aromatic rings. The Bertz CT molecular complexity index is 1070. The van der Waals surface area contributed by atoms with Gasteiger partial charge in [-0.05, 0) is 55.5 Å². The van der Waals surface area contributed by atoms with Gasteiger partial charge in [0.2, 0.25) is 0 Å². The third kappa shape index (κ3) is 4.18. The molecule has 7 heteroatoms. The Balaban J connectivity index is 1.97. The lowest BCUT2D eigenvalue weighted by molar-refractivity contribution is 0.102. The molecule has 0 saturated heterocycles. The van der Waals surface area contributed by atoms with Gasteiger partial charge >= 0.3 is 0 Å². The number of sulfonamides is 1. The van der Waals surface area contributed by atoms with Crippen molar-refractivity contribution >= 4 is 38.9 Å². The van der Waals surface area contributed by atoms with Crippen molar-refractivity contribution in [1.29, 1.82) is 0 Å². The summed E-state index contributed by atoms with van der Waals surface area (Å²) < 4.78 is 27.9. The van der Waals surface area contributed by atoms with E-state index in [1.54, 1.807) is 73.7 Å². The fourth-order valence-corrected chi connectivity index (χ4v) is 4.54. The maximum atomic E-state index is 13.3. The van der Waals surface area contributed by atoms with Gasteiger partial charge in [-0.15, -0.1) is 0 Å². The van der Waals surface area contributed by atoms with Crippen LogP contribution in [0.3, 0.4) is 0 Å². The Morgan fingerprint density at radius 3 is 2.18 bits per heavy atom. The average Bonchev–Trinajstić information content (AvgIpc) is 2.70. The Kier molecular flexibility index (Phi) is 6.02. The molecule has 1 N–H and O–H groups in total. The van der Waals surface area contributed by atoms with Gasteiger partial charge in [0.1, 0.15) is 4.90 Å². The van der Waals surface area contributed by atoms with Gasteiger partial charge in [-0.2, -0.15) is 0 Å². The number of hydrogen-bond donors (Lipinski definition) is 1. The second-order valence-corrected chi connectivity index (χ2v) is 8.23. The number of rotatable bonds is 6. The zero-order valence-electron chi connectivity index (χ0n) is 15.2. The normalized spacial score (nSPS) is 11.1. The van der Waals surface area contributed by atoms with Crippen LogP contribution in [0.2, 0.25) is 5.02 Å². The van der Waals surface area contributed by atoms with Gasteiger partial charge in [-0.3, -0.25) is 9.10 Å². The molecule has 0 atom stereocenters. The topological polar surface area (TPSA) is 66.5 Å². The van der Waals surface area contributed by atoms with E-state index in [0.717, 1.165) is 0 Å². The van der Waals surface area contributed by atoms with E-state index < -0.39 is 15.9 Å². The van der Waals surface area contributed by atoms with E-state index in [1.807, 2.05) is 6.07 Å². The van der Waals surface area contributed by atoms with E-state index in [-0.39, 0.29) is 17.1 Å². The van der Waals surface area contributed by atoms with Gasteiger partial charge in [-0.1, -0.05) is 41.9 Å². The third-order valence-electron chi connectivity index (χ3n) is 4.14. The van der Waals surface area contributed by atoms with Crippen LogP contribution in [-0.2, 0) is 10.0 Å². The molecular formula is C21H19ClN2O3S. The van der Waals surface area contributed by atoms with Crippen molar-refractivity contribution in [2.45, 2.75) is 11.8 Å². The van der Waals surface area contributed by atoms with Crippen molar-refractivity contribution in [2.75, 3.05) is 16.2 Å². The van der Waals surface area contributed by atoms with E-state index in [0.29, 0.717) is 16.3 Å². The van der Waals surface area contributed by atoms with Crippen molar-refractivity contribution in [3.05, 3.63) is 89.4 Å². The monoisotopic (exact) mass is 414 g/mol. The molecular weight excluding hydrogens is 396 g/mol. The average molecular weight is 415 g/mol. The van der Waals surface area contributed by atoms with Crippen LogP contribution in [0.4, 0.5) is 11.4 Å².